The van der Waals surface area contributed by atoms with Crippen LogP contribution in [-0.2, 0) is 5.41 Å². The molecule has 0 aliphatic carbocycles. The number of pyridine rings is 1. The second kappa shape index (κ2) is 10.3. The van der Waals surface area contributed by atoms with Gasteiger partial charge in [0, 0.05) is 30.3 Å². The fraction of sp³-hybridized carbons (Fsp3) is 0.419. The molecule has 180 valence electrons. The molecule has 1 unspecified atom stereocenters. The molecule has 0 amide bonds. The first-order valence-electron chi connectivity index (χ1n) is 12.3. The van der Waals surface area contributed by atoms with Crippen molar-refractivity contribution in [3.63, 3.8) is 0 Å². The Morgan fingerprint density at radius 3 is 2.06 bits per heavy atom. The first-order chi connectivity index (χ1) is 16.0. The minimum Gasteiger partial charge on any atom is -0.491 e. The largest absolute Gasteiger partial charge is 0.491 e. The van der Waals surface area contributed by atoms with Crippen molar-refractivity contribution in [3.8, 4) is 16.9 Å². The van der Waals surface area contributed by atoms with E-state index in [0.717, 1.165) is 35.3 Å². The molecule has 3 nitrogen and oxygen atoms in total. The Balaban J connectivity index is 1.94. The molecule has 0 spiro atoms. The maximum absolute atomic E-state index is 10.4. The third kappa shape index (κ3) is 5.36. The third-order valence-corrected chi connectivity index (χ3v) is 7.18. The fourth-order valence-corrected chi connectivity index (χ4v) is 4.65. The van der Waals surface area contributed by atoms with Gasteiger partial charge in [0.2, 0.25) is 0 Å². The normalized spacial score (nSPS) is 13.1. The highest BCUT2D eigenvalue weighted by molar-refractivity contribution is 5.68. The average molecular weight is 458 g/mol. The summed E-state index contributed by atoms with van der Waals surface area (Å²) in [6, 6.07) is 15.2. The van der Waals surface area contributed by atoms with Crippen LogP contribution in [0.4, 0.5) is 0 Å². The number of aliphatic hydroxyl groups is 1. The number of aliphatic hydroxyl groups excluding tert-OH is 1. The number of hydrogen-bond acceptors (Lipinski definition) is 3. The summed E-state index contributed by atoms with van der Waals surface area (Å²) >= 11 is 0. The fourth-order valence-electron chi connectivity index (χ4n) is 4.65. The number of ether oxygens (including phenoxy) is 1. The Labute approximate surface area is 206 Å². The standard InChI is InChI=1S/C31H39NO2/c1-9-31(10-2,25-11-13-27(22(4)16-25)24-15-21(3)18-32-19-24)26-12-14-28(23(5)17-26)34-20-29(33)30(6,7)8/h3,11-19,29,33H,9-10,20H2,1-2,4-8H3. The van der Waals surface area contributed by atoms with Gasteiger partial charge < -0.3 is 9.84 Å². The topological polar surface area (TPSA) is 42.4 Å². The molecule has 1 N–H and O–H groups in total. The zero-order chi connectivity index (χ0) is 25.1. The van der Waals surface area contributed by atoms with Gasteiger partial charge in [-0.15, -0.1) is 0 Å². The van der Waals surface area contributed by atoms with Crippen LogP contribution in [0, 0.1) is 26.2 Å². The van der Waals surface area contributed by atoms with E-state index in [2.05, 4.69) is 69.1 Å². The van der Waals surface area contributed by atoms with E-state index in [1.807, 2.05) is 33.0 Å². The molecule has 0 saturated heterocycles. The highest BCUT2D eigenvalue weighted by atomic mass is 16.5. The smallest absolute Gasteiger partial charge is 0.122 e. The lowest BCUT2D eigenvalue weighted by molar-refractivity contribution is 0.0216. The first-order valence-corrected chi connectivity index (χ1v) is 12.3. The van der Waals surface area contributed by atoms with Crippen molar-refractivity contribution in [3.05, 3.63) is 89.6 Å². The van der Waals surface area contributed by atoms with Crippen LogP contribution in [0.3, 0.4) is 0 Å². The third-order valence-electron chi connectivity index (χ3n) is 7.18. The van der Waals surface area contributed by atoms with Crippen LogP contribution in [-0.4, -0.2) is 22.8 Å². The summed E-state index contributed by atoms with van der Waals surface area (Å²) in [6.45, 7) is 21.1. The van der Waals surface area contributed by atoms with E-state index < -0.39 is 6.10 Å². The van der Waals surface area contributed by atoms with E-state index in [1.54, 1.807) is 6.20 Å². The van der Waals surface area contributed by atoms with Crippen molar-refractivity contribution in [2.24, 2.45) is 5.41 Å². The van der Waals surface area contributed by atoms with Gasteiger partial charge >= 0.3 is 0 Å². The van der Waals surface area contributed by atoms with E-state index in [4.69, 9.17) is 11.7 Å². The van der Waals surface area contributed by atoms with Crippen LogP contribution in [0.15, 0.2) is 54.9 Å². The molecule has 0 aliphatic heterocycles. The molecule has 0 saturated carbocycles. The van der Waals surface area contributed by atoms with Crippen molar-refractivity contribution in [1.29, 1.82) is 0 Å². The molecule has 0 aliphatic rings. The Morgan fingerprint density at radius 1 is 0.912 bits per heavy atom. The zero-order valence-electron chi connectivity index (χ0n) is 21.8. The summed E-state index contributed by atoms with van der Waals surface area (Å²) < 4.78 is 5.99. The molecule has 3 aromatic rings. The Bertz CT molecular complexity index is 1120. The lowest BCUT2D eigenvalue weighted by Gasteiger charge is -2.34. The maximum Gasteiger partial charge on any atom is 0.122 e. The van der Waals surface area contributed by atoms with Crippen LogP contribution in [0.1, 0.15) is 75.3 Å². The number of aromatic nitrogens is 1. The Kier molecular flexibility index (Phi) is 7.88. The second-order valence-corrected chi connectivity index (χ2v) is 10.5. The predicted octanol–water partition coefficient (Wildman–Crippen LogP) is 7.32. The van der Waals surface area contributed by atoms with Crippen LogP contribution in [0.5, 0.6) is 5.75 Å². The average Bonchev–Trinajstić information content (AvgIpc) is 2.79. The molecule has 1 atom stereocenters. The summed E-state index contributed by atoms with van der Waals surface area (Å²) in [5.41, 5.74) is 7.46. The van der Waals surface area contributed by atoms with Gasteiger partial charge in [0.25, 0.3) is 0 Å². The predicted molar refractivity (Wildman–Crippen MR) is 141 cm³/mol. The van der Waals surface area contributed by atoms with Crippen molar-refractivity contribution in [1.82, 2.24) is 4.98 Å². The summed E-state index contributed by atoms with van der Waals surface area (Å²) in [5, 5.41) is 10.4. The van der Waals surface area contributed by atoms with Crippen molar-refractivity contribution in [2.45, 2.75) is 72.8 Å². The van der Waals surface area contributed by atoms with Gasteiger partial charge in [0.05, 0.1) is 6.10 Å². The van der Waals surface area contributed by atoms with Crippen molar-refractivity contribution >= 4 is 0 Å². The van der Waals surface area contributed by atoms with Gasteiger partial charge in [-0.3, -0.25) is 4.98 Å². The summed E-state index contributed by atoms with van der Waals surface area (Å²) in [4.78, 5) is 4.26. The zero-order valence-corrected chi connectivity index (χ0v) is 21.8. The summed E-state index contributed by atoms with van der Waals surface area (Å²) in [5.74, 6) is 0.828. The monoisotopic (exact) mass is 457 g/mol. The van der Waals surface area contributed by atoms with E-state index >= 15 is 0 Å². The molecule has 3 rings (SSSR count). The minimum absolute atomic E-state index is 0.0918. The molecule has 0 fully saturated rings. The molecule has 2 aromatic carbocycles. The molecule has 0 bridgehead atoms. The van der Waals surface area contributed by atoms with Gasteiger partial charge in [-0.2, -0.15) is 0 Å². The van der Waals surface area contributed by atoms with E-state index in [0.29, 0.717) is 5.56 Å². The number of nitrogens with zero attached hydrogens (tertiary/aromatic N) is 1. The van der Waals surface area contributed by atoms with Crippen molar-refractivity contribution < 1.29 is 9.84 Å². The van der Waals surface area contributed by atoms with E-state index in [-0.39, 0.29) is 17.4 Å². The van der Waals surface area contributed by atoms with Gasteiger partial charge in [-0.05, 0) is 77.6 Å². The molecule has 34 heavy (non-hydrogen) atoms. The molecule has 1 heterocycles. The van der Waals surface area contributed by atoms with Gasteiger partial charge in [-0.1, -0.05) is 65.0 Å². The lowest BCUT2D eigenvalue weighted by atomic mass is 9.69. The molecule has 3 heteroatoms. The Morgan fingerprint density at radius 2 is 1.53 bits per heavy atom. The number of benzene rings is 2. The second-order valence-electron chi connectivity index (χ2n) is 10.5. The van der Waals surface area contributed by atoms with Crippen LogP contribution in [0.25, 0.3) is 11.1 Å². The quantitative estimate of drug-likeness (QED) is 0.385. The Hall–Kier alpha value is -2.65. The maximum atomic E-state index is 10.4. The van der Waals surface area contributed by atoms with Crippen molar-refractivity contribution in [2.75, 3.05) is 6.61 Å². The summed E-state index contributed by atoms with van der Waals surface area (Å²) in [7, 11) is 0. The first kappa shape index (κ1) is 26.0. The minimum atomic E-state index is -0.520. The molecular weight excluding hydrogens is 418 g/mol. The van der Waals surface area contributed by atoms with Gasteiger partial charge in [0.1, 0.15) is 12.4 Å². The van der Waals surface area contributed by atoms with Crippen LogP contribution >= 0.6 is 0 Å². The van der Waals surface area contributed by atoms with Crippen LogP contribution in [0.2, 0.25) is 0 Å². The number of rotatable bonds is 8. The SMILES string of the molecule is [CH]c1cncc(-c2ccc(C(CC)(CC)c3ccc(OCC(O)C(C)(C)C)c(C)c3)cc2C)c1. The van der Waals surface area contributed by atoms with E-state index in [9.17, 15) is 5.11 Å². The van der Waals surface area contributed by atoms with Gasteiger partial charge in [-0.25, -0.2) is 0 Å². The number of hydrogen-bond donors (Lipinski definition) is 1. The lowest BCUT2D eigenvalue weighted by Crippen LogP contribution is -2.32. The van der Waals surface area contributed by atoms with Crippen LogP contribution < -0.4 is 4.74 Å². The van der Waals surface area contributed by atoms with Gasteiger partial charge in [0.15, 0.2) is 0 Å². The number of aryl methyl sites for hydroxylation is 2. The summed E-state index contributed by atoms with van der Waals surface area (Å²) in [6.07, 6.45) is 5.00. The highest BCUT2D eigenvalue weighted by Gasteiger charge is 2.31. The molecule has 1 aromatic heterocycles. The highest BCUT2D eigenvalue weighted by Crippen LogP contribution is 2.41. The molecular formula is C31H39NO2. The van der Waals surface area contributed by atoms with E-state index in [1.165, 1.54) is 16.7 Å². The molecule has 2 radical (unpaired) electrons.